The van der Waals surface area contributed by atoms with Crippen molar-refractivity contribution in [1.29, 1.82) is 0 Å². The number of hydrogen-bond acceptors (Lipinski definition) is 3. The maximum atomic E-state index is 8.75. The second kappa shape index (κ2) is 8.25. The molecule has 3 nitrogen and oxygen atoms in total. The molecule has 112 valence electrons. The first kappa shape index (κ1) is 16.1. The van der Waals surface area contributed by atoms with Crippen LogP contribution in [0.15, 0.2) is 42.5 Å². The van der Waals surface area contributed by atoms with Gasteiger partial charge in [-0.25, -0.2) is 0 Å². The van der Waals surface area contributed by atoms with Gasteiger partial charge in [0.25, 0.3) is 0 Å². The maximum absolute atomic E-state index is 8.75. The first-order valence-electron chi connectivity index (χ1n) is 6.66. The smallest absolute Gasteiger partial charge is 0.120 e. The SMILES string of the molecule is OCCNCc1cccc(OCc2ccc(Cl)cc2Cl)c1. The van der Waals surface area contributed by atoms with E-state index in [1.54, 1.807) is 12.1 Å². The Hall–Kier alpha value is -1.26. The highest BCUT2D eigenvalue weighted by molar-refractivity contribution is 6.35. The van der Waals surface area contributed by atoms with Gasteiger partial charge in [0, 0.05) is 28.7 Å². The normalized spacial score (nSPS) is 10.6. The molecule has 0 saturated heterocycles. The van der Waals surface area contributed by atoms with Crippen LogP contribution in [-0.2, 0) is 13.2 Å². The summed E-state index contributed by atoms with van der Waals surface area (Å²) in [6, 6.07) is 13.2. The van der Waals surface area contributed by atoms with Crippen LogP contribution in [0.3, 0.4) is 0 Å². The molecule has 2 N–H and O–H groups in total. The van der Waals surface area contributed by atoms with Crippen LogP contribution in [0.2, 0.25) is 10.0 Å². The lowest BCUT2D eigenvalue weighted by atomic mass is 10.2. The molecule has 0 radical (unpaired) electrons. The molecule has 0 unspecified atom stereocenters. The second-order valence-electron chi connectivity index (χ2n) is 4.57. The molecule has 0 fully saturated rings. The Morgan fingerprint density at radius 3 is 2.71 bits per heavy atom. The Morgan fingerprint density at radius 2 is 1.95 bits per heavy atom. The predicted octanol–water partition coefficient (Wildman–Crippen LogP) is 3.65. The van der Waals surface area contributed by atoms with E-state index in [-0.39, 0.29) is 6.61 Å². The highest BCUT2D eigenvalue weighted by Crippen LogP contribution is 2.23. The summed E-state index contributed by atoms with van der Waals surface area (Å²) in [7, 11) is 0. The fraction of sp³-hybridized carbons (Fsp3) is 0.250. The largest absolute Gasteiger partial charge is 0.489 e. The summed E-state index contributed by atoms with van der Waals surface area (Å²) < 4.78 is 5.76. The zero-order valence-electron chi connectivity index (χ0n) is 11.5. The summed E-state index contributed by atoms with van der Waals surface area (Å²) in [6.45, 7) is 1.79. The molecule has 0 saturated carbocycles. The summed E-state index contributed by atoms with van der Waals surface area (Å²) in [4.78, 5) is 0. The standard InChI is InChI=1S/C16H17Cl2NO2/c17-14-5-4-13(16(18)9-14)11-21-15-3-1-2-12(8-15)10-19-6-7-20/h1-5,8-9,19-20H,6-7,10-11H2. The lowest BCUT2D eigenvalue weighted by Gasteiger charge is -2.10. The Morgan fingerprint density at radius 1 is 1.10 bits per heavy atom. The molecule has 0 aromatic heterocycles. The highest BCUT2D eigenvalue weighted by Gasteiger charge is 2.03. The average molecular weight is 326 g/mol. The van der Waals surface area contributed by atoms with Crippen molar-refractivity contribution >= 4 is 23.2 Å². The fourth-order valence-electron chi connectivity index (χ4n) is 1.86. The first-order chi connectivity index (χ1) is 10.2. The summed E-state index contributed by atoms with van der Waals surface area (Å²) in [5.41, 5.74) is 1.99. The number of hydrogen-bond donors (Lipinski definition) is 2. The summed E-state index contributed by atoms with van der Waals surface area (Å²) in [6.07, 6.45) is 0. The molecule has 2 aromatic rings. The van der Waals surface area contributed by atoms with Crippen LogP contribution in [0.1, 0.15) is 11.1 Å². The van der Waals surface area contributed by atoms with Crippen molar-refractivity contribution in [2.24, 2.45) is 0 Å². The predicted molar refractivity (Wildman–Crippen MR) is 86.0 cm³/mol. The molecule has 0 heterocycles. The molecule has 0 aliphatic rings. The van der Waals surface area contributed by atoms with Crippen molar-refractivity contribution in [2.45, 2.75) is 13.2 Å². The van der Waals surface area contributed by atoms with E-state index in [4.69, 9.17) is 33.0 Å². The van der Waals surface area contributed by atoms with Crippen LogP contribution in [0, 0.1) is 0 Å². The van der Waals surface area contributed by atoms with Gasteiger partial charge in [0.1, 0.15) is 12.4 Å². The van der Waals surface area contributed by atoms with Crippen LogP contribution in [-0.4, -0.2) is 18.3 Å². The average Bonchev–Trinajstić information content (AvgIpc) is 2.47. The van der Waals surface area contributed by atoms with Gasteiger partial charge in [0.15, 0.2) is 0 Å². The molecule has 0 spiro atoms. The number of nitrogens with one attached hydrogen (secondary N) is 1. The number of aliphatic hydroxyl groups is 1. The fourth-order valence-corrected chi connectivity index (χ4v) is 2.32. The van der Waals surface area contributed by atoms with Gasteiger partial charge in [-0.1, -0.05) is 41.4 Å². The van der Waals surface area contributed by atoms with Crippen molar-refractivity contribution in [1.82, 2.24) is 5.32 Å². The number of benzene rings is 2. The van der Waals surface area contributed by atoms with Crippen LogP contribution in [0.25, 0.3) is 0 Å². The number of aliphatic hydroxyl groups excluding tert-OH is 1. The van der Waals surface area contributed by atoms with E-state index < -0.39 is 0 Å². The molecule has 0 bridgehead atoms. The van der Waals surface area contributed by atoms with Crippen molar-refractivity contribution in [3.63, 3.8) is 0 Å². The van der Waals surface area contributed by atoms with Crippen molar-refractivity contribution in [3.8, 4) is 5.75 Å². The van der Waals surface area contributed by atoms with Crippen LogP contribution < -0.4 is 10.1 Å². The maximum Gasteiger partial charge on any atom is 0.120 e. The number of halogens is 2. The molecule has 0 aliphatic heterocycles. The minimum absolute atomic E-state index is 0.130. The Bertz CT molecular complexity index is 590. The summed E-state index contributed by atoms with van der Waals surface area (Å²) >= 11 is 12.0. The Balaban J connectivity index is 1.95. The van der Waals surface area contributed by atoms with E-state index >= 15 is 0 Å². The van der Waals surface area contributed by atoms with Gasteiger partial charge in [-0.3, -0.25) is 0 Å². The molecule has 0 amide bonds. The monoisotopic (exact) mass is 325 g/mol. The molecule has 2 rings (SSSR count). The summed E-state index contributed by atoms with van der Waals surface area (Å²) in [5.74, 6) is 0.782. The highest BCUT2D eigenvalue weighted by atomic mass is 35.5. The molecule has 5 heteroatoms. The van der Waals surface area contributed by atoms with Gasteiger partial charge in [-0.05, 0) is 29.8 Å². The zero-order valence-corrected chi connectivity index (χ0v) is 13.0. The lowest BCUT2D eigenvalue weighted by Crippen LogP contribution is -2.17. The van der Waals surface area contributed by atoms with E-state index in [1.807, 2.05) is 30.3 Å². The minimum Gasteiger partial charge on any atom is -0.489 e. The van der Waals surface area contributed by atoms with Gasteiger partial charge >= 0.3 is 0 Å². The van der Waals surface area contributed by atoms with Gasteiger partial charge in [-0.15, -0.1) is 0 Å². The van der Waals surface area contributed by atoms with Gasteiger partial charge in [-0.2, -0.15) is 0 Å². The van der Waals surface area contributed by atoms with Crippen LogP contribution in [0.4, 0.5) is 0 Å². The molecule has 21 heavy (non-hydrogen) atoms. The van der Waals surface area contributed by atoms with Crippen LogP contribution >= 0.6 is 23.2 Å². The van der Waals surface area contributed by atoms with E-state index in [9.17, 15) is 0 Å². The van der Waals surface area contributed by atoms with Crippen molar-refractivity contribution < 1.29 is 9.84 Å². The molecular weight excluding hydrogens is 309 g/mol. The van der Waals surface area contributed by atoms with Crippen LogP contribution in [0.5, 0.6) is 5.75 Å². The molecule has 0 atom stereocenters. The Kier molecular flexibility index (Phi) is 6.33. The van der Waals surface area contributed by atoms with E-state index in [1.165, 1.54) is 0 Å². The quantitative estimate of drug-likeness (QED) is 0.763. The first-order valence-corrected chi connectivity index (χ1v) is 7.42. The summed E-state index contributed by atoms with van der Waals surface area (Å²) in [5, 5.41) is 13.1. The molecule has 2 aromatic carbocycles. The minimum atomic E-state index is 0.130. The third kappa shape index (κ3) is 5.21. The van der Waals surface area contributed by atoms with E-state index in [0.717, 1.165) is 16.9 Å². The number of ether oxygens (including phenoxy) is 1. The van der Waals surface area contributed by atoms with Gasteiger partial charge < -0.3 is 15.2 Å². The molecule has 0 aliphatic carbocycles. The van der Waals surface area contributed by atoms with Crippen molar-refractivity contribution in [3.05, 3.63) is 63.6 Å². The third-order valence-electron chi connectivity index (χ3n) is 2.93. The van der Waals surface area contributed by atoms with Gasteiger partial charge in [0.2, 0.25) is 0 Å². The zero-order chi connectivity index (χ0) is 15.1. The topological polar surface area (TPSA) is 41.5 Å². The second-order valence-corrected chi connectivity index (χ2v) is 5.42. The van der Waals surface area contributed by atoms with Gasteiger partial charge in [0.05, 0.1) is 6.61 Å². The van der Waals surface area contributed by atoms with E-state index in [0.29, 0.717) is 29.7 Å². The van der Waals surface area contributed by atoms with E-state index in [2.05, 4.69) is 5.32 Å². The number of rotatable bonds is 7. The molecular formula is C16H17Cl2NO2. The van der Waals surface area contributed by atoms with Crippen molar-refractivity contribution in [2.75, 3.05) is 13.2 Å². The third-order valence-corrected chi connectivity index (χ3v) is 3.51. The Labute approximate surface area is 134 Å². The lowest BCUT2D eigenvalue weighted by molar-refractivity contribution is 0.291.